The van der Waals surface area contributed by atoms with Gasteiger partial charge in [-0.1, -0.05) is 5.16 Å². The SMILES string of the molecule is Cc1noc(C)c1-c1cncc(CC2CCN(C(=O)c3ccn[nH]3)C2)n1. The molecule has 0 bridgehead atoms. The van der Waals surface area contributed by atoms with Crippen LogP contribution in [0.4, 0.5) is 0 Å². The average molecular weight is 352 g/mol. The lowest BCUT2D eigenvalue weighted by atomic mass is 10.0. The zero-order chi connectivity index (χ0) is 18.1. The molecule has 4 heterocycles. The summed E-state index contributed by atoms with van der Waals surface area (Å²) < 4.78 is 5.23. The van der Waals surface area contributed by atoms with Gasteiger partial charge in [0.25, 0.3) is 5.91 Å². The lowest BCUT2D eigenvalue weighted by Gasteiger charge is -2.15. The van der Waals surface area contributed by atoms with Gasteiger partial charge in [-0.05, 0) is 38.7 Å². The van der Waals surface area contributed by atoms with Crippen molar-refractivity contribution >= 4 is 5.91 Å². The Labute approximate surface area is 150 Å². The Morgan fingerprint density at radius 2 is 2.27 bits per heavy atom. The van der Waals surface area contributed by atoms with Crippen molar-refractivity contribution in [1.29, 1.82) is 0 Å². The highest BCUT2D eigenvalue weighted by Gasteiger charge is 2.28. The van der Waals surface area contributed by atoms with Crippen molar-refractivity contribution in [3.63, 3.8) is 0 Å². The van der Waals surface area contributed by atoms with Gasteiger partial charge in [0.15, 0.2) is 0 Å². The Morgan fingerprint density at radius 3 is 3.00 bits per heavy atom. The van der Waals surface area contributed by atoms with Crippen molar-refractivity contribution in [2.24, 2.45) is 5.92 Å². The molecule has 0 saturated carbocycles. The Bertz CT molecular complexity index is 898. The van der Waals surface area contributed by atoms with Crippen molar-refractivity contribution in [2.45, 2.75) is 26.7 Å². The molecule has 1 unspecified atom stereocenters. The third kappa shape index (κ3) is 3.10. The first-order valence-electron chi connectivity index (χ1n) is 8.64. The van der Waals surface area contributed by atoms with Gasteiger partial charge in [0.2, 0.25) is 0 Å². The second-order valence-electron chi connectivity index (χ2n) is 6.68. The molecule has 1 fully saturated rings. The van der Waals surface area contributed by atoms with E-state index in [4.69, 9.17) is 9.51 Å². The highest BCUT2D eigenvalue weighted by atomic mass is 16.5. The molecule has 1 atom stereocenters. The molecule has 0 radical (unpaired) electrons. The summed E-state index contributed by atoms with van der Waals surface area (Å²) in [5.41, 5.74) is 3.95. The molecule has 3 aromatic heterocycles. The van der Waals surface area contributed by atoms with E-state index in [1.54, 1.807) is 24.7 Å². The predicted molar refractivity (Wildman–Crippen MR) is 93.3 cm³/mol. The molecule has 1 amide bonds. The number of amides is 1. The van der Waals surface area contributed by atoms with Crippen molar-refractivity contribution < 1.29 is 9.32 Å². The van der Waals surface area contributed by atoms with Crippen LogP contribution in [0.1, 0.15) is 34.1 Å². The highest BCUT2D eigenvalue weighted by Crippen LogP contribution is 2.26. The van der Waals surface area contributed by atoms with Crippen molar-refractivity contribution in [2.75, 3.05) is 13.1 Å². The number of likely N-dealkylation sites (tertiary alicyclic amines) is 1. The zero-order valence-corrected chi connectivity index (χ0v) is 14.8. The van der Waals surface area contributed by atoms with Gasteiger partial charge in [-0.25, -0.2) is 4.98 Å². The van der Waals surface area contributed by atoms with Crippen LogP contribution in [0.5, 0.6) is 0 Å². The Balaban J connectivity index is 1.45. The van der Waals surface area contributed by atoms with E-state index in [9.17, 15) is 4.79 Å². The molecule has 8 nitrogen and oxygen atoms in total. The van der Waals surface area contributed by atoms with E-state index < -0.39 is 0 Å². The second kappa shape index (κ2) is 6.70. The maximum atomic E-state index is 12.4. The number of carbonyl (C=O) groups is 1. The summed E-state index contributed by atoms with van der Waals surface area (Å²) in [6, 6.07) is 1.70. The molecular weight excluding hydrogens is 332 g/mol. The third-order valence-corrected chi connectivity index (χ3v) is 4.78. The van der Waals surface area contributed by atoms with Gasteiger partial charge >= 0.3 is 0 Å². The van der Waals surface area contributed by atoms with E-state index in [1.165, 1.54) is 0 Å². The molecule has 4 rings (SSSR count). The molecule has 0 aromatic carbocycles. The molecule has 0 aliphatic carbocycles. The van der Waals surface area contributed by atoms with E-state index >= 15 is 0 Å². The second-order valence-corrected chi connectivity index (χ2v) is 6.68. The first-order chi connectivity index (χ1) is 12.6. The van der Waals surface area contributed by atoms with Crippen LogP contribution in [-0.2, 0) is 6.42 Å². The van der Waals surface area contributed by atoms with E-state index in [-0.39, 0.29) is 5.91 Å². The summed E-state index contributed by atoms with van der Waals surface area (Å²) in [6.45, 7) is 5.24. The Morgan fingerprint density at radius 1 is 1.38 bits per heavy atom. The summed E-state index contributed by atoms with van der Waals surface area (Å²) in [4.78, 5) is 23.3. The monoisotopic (exact) mass is 352 g/mol. The quantitative estimate of drug-likeness (QED) is 0.772. The fraction of sp³-hybridized carbons (Fsp3) is 0.389. The zero-order valence-electron chi connectivity index (χ0n) is 14.8. The topological polar surface area (TPSA) is 101 Å². The number of hydrogen-bond donors (Lipinski definition) is 1. The number of nitrogens with zero attached hydrogens (tertiary/aromatic N) is 5. The van der Waals surface area contributed by atoms with E-state index in [0.717, 1.165) is 54.3 Å². The van der Waals surface area contributed by atoms with E-state index in [2.05, 4.69) is 20.3 Å². The number of nitrogens with one attached hydrogen (secondary N) is 1. The fourth-order valence-corrected chi connectivity index (χ4v) is 3.50. The number of carbonyl (C=O) groups excluding carboxylic acids is 1. The molecule has 3 aromatic rings. The number of H-pyrrole nitrogens is 1. The van der Waals surface area contributed by atoms with E-state index in [0.29, 0.717) is 11.6 Å². The minimum Gasteiger partial charge on any atom is -0.361 e. The maximum Gasteiger partial charge on any atom is 0.271 e. The number of aryl methyl sites for hydroxylation is 2. The lowest BCUT2D eigenvalue weighted by Crippen LogP contribution is -2.29. The summed E-state index contributed by atoms with van der Waals surface area (Å²) >= 11 is 0. The van der Waals surface area contributed by atoms with Gasteiger partial charge in [0, 0.05) is 25.5 Å². The van der Waals surface area contributed by atoms with Crippen LogP contribution in [0, 0.1) is 19.8 Å². The molecule has 0 spiro atoms. The number of rotatable bonds is 4. The third-order valence-electron chi connectivity index (χ3n) is 4.78. The largest absolute Gasteiger partial charge is 0.361 e. The molecule has 1 aliphatic heterocycles. The fourth-order valence-electron chi connectivity index (χ4n) is 3.50. The average Bonchev–Trinajstić information content (AvgIpc) is 3.37. The van der Waals surface area contributed by atoms with Gasteiger partial charge in [-0.15, -0.1) is 0 Å². The lowest BCUT2D eigenvalue weighted by molar-refractivity contribution is 0.0781. The van der Waals surface area contributed by atoms with Gasteiger partial charge in [0.05, 0.1) is 28.8 Å². The Kier molecular flexibility index (Phi) is 4.24. The number of hydrogen-bond acceptors (Lipinski definition) is 6. The van der Waals surface area contributed by atoms with Crippen LogP contribution in [0.3, 0.4) is 0 Å². The first-order valence-corrected chi connectivity index (χ1v) is 8.64. The van der Waals surface area contributed by atoms with Crippen LogP contribution >= 0.6 is 0 Å². The minimum atomic E-state index is 0.000515. The molecule has 8 heteroatoms. The molecule has 134 valence electrons. The van der Waals surface area contributed by atoms with Crippen LogP contribution in [0.25, 0.3) is 11.3 Å². The molecule has 1 aliphatic rings. The van der Waals surface area contributed by atoms with Crippen LogP contribution in [-0.4, -0.2) is 49.2 Å². The van der Waals surface area contributed by atoms with Gasteiger partial charge in [0.1, 0.15) is 11.5 Å². The van der Waals surface area contributed by atoms with Crippen molar-refractivity contribution in [1.82, 2.24) is 30.2 Å². The van der Waals surface area contributed by atoms with Gasteiger partial charge in [-0.3, -0.25) is 14.9 Å². The molecule has 1 N–H and O–H groups in total. The van der Waals surface area contributed by atoms with Crippen molar-refractivity contribution in [3.8, 4) is 11.3 Å². The smallest absolute Gasteiger partial charge is 0.271 e. The van der Waals surface area contributed by atoms with Crippen LogP contribution in [0.2, 0.25) is 0 Å². The highest BCUT2D eigenvalue weighted by molar-refractivity contribution is 5.92. The van der Waals surface area contributed by atoms with Crippen LogP contribution < -0.4 is 0 Å². The minimum absolute atomic E-state index is 0.000515. The number of aromatic amines is 1. The summed E-state index contributed by atoms with van der Waals surface area (Å²) in [6.07, 6.45) is 6.87. The molecule has 26 heavy (non-hydrogen) atoms. The summed E-state index contributed by atoms with van der Waals surface area (Å²) in [7, 11) is 0. The number of aromatic nitrogens is 5. The normalized spacial score (nSPS) is 17.0. The summed E-state index contributed by atoms with van der Waals surface area (Å²) in [5.74, 6) is 1.11. The predicted octanol–water partition coefficient (Wildman–Crippen LogP) is 2.18. The summed E-state index contributed by atoms with van der Waals surface area (Å²) in [5, 5.41) is 10.6. The molecule has 1 saturated heterocycles. The van der Waals surface area contributed by atoms with Gasteiger partial charge in [-0.2, -0.15) is 5.10 Å². The van der Waals surface area contributed by atoms with E-state index in [1.807, 2.05) is 18.7 Å². The standard InChI is InChI=1S/C18H20N6O2/c1-11-17(12(2)26-23-11)16-9-19-8-14(21-16)7-13-4-6-24(10-13)18(25)15-3-5-20-22-15/h3,5,8-9,13H,4,6-7,10H2,1-2H3,(H,20,22). The Hall–Kier alpha value is -3.03. The van der Waals surface area contributed by atoms with Crippen molar-refractivity contribution in [3.05, 3.63) is 47.5 Å². The van der Waals surface area contributed by atoms with Crippen LogP contribution in [0.15, 0.2) is 29.2 Å². The molecular formula is C18H20N6O2. The first kappa shape index (κ1) is 16.4. The van der Waals surface area contributed by atoms with Gasteiger partial charge < -0.3 is 9.42 Å². The maximum absolute atomic E-state index is 12.4.